The van der Waals surface area contributed by atoms with E-state index in [1.165, 1.54) is 0 Å². The molecular formula is C18H20ClN3O2. The molecule has 0 aromatic heterocycles. The topological polar surface area (TPSA) is 65.4 Å². The number of rotatable bonds is 5. The highest BCUT2D eigenvalue weighted by Crippen LogP contribution is 2.37. The van der Waals surface area contributed by atoms with E-state index in [1.807, 2.05) is 4.90 Å². The van der Waals surface area contributed by atoms with E-state index in [1.54, 1.807) is 25.3 Å². The van der Waals surface area contributed by atoms with Crippen LogP contribution in [0.25, 0.3) is 0 Å². The van der Waals surface area contributed by atoms with Crippen molar-refractivity contribution in [3.8, 4) is 6.07 Å². The standard InChI is InChI=1S/C18H20ClN3O2/c1-24-9-8-22-17(14-4-2-3-5-15(14)18(22)23)21-16-7-6-13(19)10-12(16)11-20/h6-7,10,17,21H,2-5,8-9H2,1H3. The van der Waals surface area contributed by atoms with Crippen molar-refractivity contribution in [2.45, 2.75) is 31.8 Å². The smallest absolute Gasteiger partial charge is 0.251 e. The Morgan fingerprint density at radius 3 is 2.96 bits per heavy atom. The molecule has 0 saturated carbocycles. The van der Waals surface area contributed by atoms with Crippen molar-refractivity contribution in [3.05, 3.63) is 39.9 Å². The molecule has 0 radical (unpaired) electrons. The van der Waals surface area contributed by atoms with Gasteiger partial charge in [-0.05, 0) is 49.5 Å². The third-order valence-electron chi connectivity index (χ3n) is 4.60. The average Bonchev–Trinajstić information content (AvgIpc) is 2.87. The molecule has 0 spiro atoms. The number of hydrogen-bond acceptors (Lipinski definition) is 4. The molecule has 1 aromatic rings. The fourth-order valence-electron chi connectivity index (χ4n) is 3.42. The van der Waals surface area contributed by atoms with Crippen LogP contribution in [0.2, 0.25) is 5.02 Å². The van der Waals surface area contributed by atoms with Crippen LogP contribution in [0.5, 0.6) is 0 Å². The van der Waals surface area contributed by atoms with Gasteiger partial charge in [0.1, 0.15) is 12.2 Å². The molecule has 2 aliphatic rings. The predicted octanol–water partition coefficient (Wildman–Crippen LogP) is 3.31. The van der Waals surface area contributed by atoms with E-state index in [2.05, 4.69) is 11.4 Å². The van der Waals surface area contributed by atoms with Gasteiger partial charge in [0.2, 0.25) is 0 Å². The van der Waals surface area contributed by atoms with Crippen LogP contribution in [0.3, 0.4) is 0 Å². The first-order valence-corrected chi connectivity index (χ1v) is 8.51. The lowest BCUT2D eigenvalue weighted by Gasteiger charge is -2.29. The Kier molecular flexibility index (Phi) is 5.08. The number of nitrogens with one attached hydrogen (secondary N) is 1. The molecule has 6 heteroatoms. The van der Waals surface area contributed by atoms with Gasteiger partial charge in [0.15, 0.2) is 0 Å². The Bertz CT molecular complexity index is 723. The van der Waals surface area contributed by atoms with E-state index < -0.39 is 0 Å². The minimum Gasteiger partial charge on any atom is -0.383 e. The molecule has 1 aromatic carbocycles. The van der Waals surface area contributed by atoms with Crippen LogP contribution >= 0.6 is 11.6 Å². The second-order valence-corrected chi connectivity index (χ2v) is 6.49. The number of nitrogens with zero attached hydrogens (tertiary/aromatic N) is 2. The molecule has 1 amide bonds. The Hall–Kier alpha value is -2.03. The van der Waals surface area contributed by atoms with Gasteiger partial charge < -0.3 is 15.0 Å². The third-order valence-corrected chi connectivity index (χ3v) is 4.84. The van der Waals surface area contributed by atoms with Crippen LogP contribution in [0, 0.1) is 11.3 Å². The lowest BCUT2D eigenvalue weighted by molar-refractivity contribution is -0.127. The second-order valence-electron chi connectivity index (χ2n) is 6.05. The van der Waals surface area contributed by atoms with Crippen LogP contribution in [0.15, 0.2) is 29.3 Å². The summed E-state index contributed by atoms with van der Waals surface area (Å²) in [5.74, 6) is 0.0896. The minimum absolute atomic E-state index is 0.0896. The maximum absolute atomic E-state index is 12.7. The number of methoxy groups -OCH3 is 1. The zero-order valence-electron chi connectivity index (χ0n) is 13.6. The van der Waals surface area contributed by atoms with Crippen molar-refractivity contribution in [2.24, 2.45) is 0 Å². The predicted molar refractivity (Wildman–Crippen MR) is 92.7 cm³/mol. The summed E-state index contributed by atoms with van der Waals surface area (Å²) in [5, 5.41) is 13.3. The lowest BCUT2D eigenvalue weighted by atomic mass is 9.92. The summed E-state index contributed by atoms with van der Waals surface area (Å²) in [6, 6.07) is 7.34. The van der Waals surface area contributed by atoms with Crippen molar-refractivity contribution in [2.75, 3.05) is 25.6 Å². The number of halogens is 1. The van der Waals surface area contributed by atoms with E-state index in [-0.39, 0.29) is 12.1 Å². The van der Waals surface area contributed by atoms with E-state index in [0.717, 1.165) is 36.8 Å². The SMILES string of the molecule is COCCN1C(=O)C2=C(CCCC2)C1Nc1ccc(Cl)cc1C#N. The van der Waals surface area contributed by atoms with E-state index in [9.17, 15) is 10.1 Å². The van der Waals surface area contributed by atoms with E-state index in [4.69, 9.17) is 16.3 Å². The molecule has 5 nitrogen and oxygen atoms in total. The number of carbonyl (C=O) groups is 1. The molecule has 24 heavy (non-hydrogen) atoms. The van der Waals surface area contributed by atoms with Crippen molar-refractivity contribution < 1.29 is 9.53 Å². The zero-order valence-corrected chi connectivity index (χ0v) is 14.4. The van der Waals surface area contributed by atoms with Crippen molar-refractivity contribution >= 4 is 23.2 Å². The molecule has 3 rings (SSSR count). The fraction of sp³-hybridized carbons (Fsp3) is 0.444. The van der Waals surface area contributed by atoms with Gasteiger partial charge in [-0.2, -0.15) is 5.26 Å². The maximum Gasteiger partial charge on any atom is 0.251 e. The molecule has 0 fully saturated rings. The minimum atomic E-state index is -0.212. The van der Waals surface area contributed by atoms with Gasteiger partial charge in [-0.15, -0.1) is 0 Å². The fourth-order valence-corrected chi connectivity index (χ4v) is 3.59. The number of nitriles is 1. The number of ether oxygens (including phenoxy) is 1. The number of amides is 1. The Labute approximate surface area is 146 Å². The van der Waals surface area contributed by atoms with Gasteiger partial charge in [0.05, 0.1) is 17.9 Å². The van der Waals surface area contributed by atoms with Crippen molar-refractivity contribution in [1.82, 2.24) is 4.90 Å². The number of benzene rings is 1. The van der Waals surface area contributed by atoms with Crippen LogP contribution in [0.4, 0.5) is 5.69 Å². The van der Waals surface area contributed by atoms with Crippen molar-refractivity contribution in [1.29, 1.82) is 5.26 Å². The Morgan fingerprint density at radius 2 is 2.21 bits per heavy atom. The summed E-state index contributed by atoms with van der Waals surface area (Å²) in [6.45, 7) is 1.01. The van der Waals surface area contributed by atoms with Gasteiger partial charge in [0.25, 0.3) is 5.91 Å². The highest BCUT2D eigenvalue weighted by atomic mass is 35.5. The Balaban J connectivity index is 1.92. The van der Waals surface area contributed by atoms with Gasteiger partial charge >= 0.3 is 0 Å². The van der Waals surface area contributed by atoms with Gasteiger partial charge in [0, 0.05) is 24.3 Å². The van der Waals surface area contributed by atoms with Crippen molar-refractivity contribution in [3.63, 3.8) is 0 Å². The average molecular weight is 346 g/mol. The van der Waals surface area contributed by atoms with Crippen LogP contribution in [-0.2, 0) is 9.53 Å². The molecule has 1 aliphatic heterocycles. The van der Waals surface area contributed by atoms with Crippen LogP contribution in [0.1, 0.15) is 31.2 Å². The first-order chi connectivity index (χ1) is 11.7. The summed E-state index contributed by atoms with van der Waals surface area (Å²) in [7, 11) is 1.63. The highest BCUT2D eigenvalue weighted by molar-refractivity contribution is 6.30. The highest BCUT2D eigenvalue weighted by Gasteiger charge is 2.39. The van der Waals surface area contributed by atoms with Gasteiger partial charge in [-0.3, -0.25) is 4.79 Å². The lowest BCUT2D eigenvalue weighted by Crippen LogP contribution is -2.42. The Morgan fingerprint density at radius 1 is 1.42 bits per heavy atom. The van der Waals surface area contributed by atoms with Crippen LogP contribution < -0.4 is 5.32 Å². The molecule has 0 saturated heterocycles. The molecule has 1 heterocycles. The third kappa shape index (κ3) is 3.12. The van der Waals surface area contributed by atoms with Gasteiger partial charge in [-0.25, -0.2) is 0 Å². The molecule has 0 bridgehead atoms. The molecular weight excluding hydrogens is 326 g/mol. The molecule has 1 atom stereocenters. The molecule has 1 aliphatic carbocycles. The van der Waals surface area contributed by atoms with E-state index in [0.29, 0.717) is 29.4 Å². The second kappa shape index (κ2) is 7.25. The number of carbonyl (C=O) groups excluding carboxylic acids is 1. The first-order valence-electron chi connectivity index (χ1n) is 8.13. The monoisotopic (exact) mass is 345 g/mol. The summed E-state index contributed by atoms with van der Waals surface area (Å²) in [6.07, 6.45) is 3.68. The largest absolute Gasteiger partial charge is 0.383 e. The van der Waals surface area contributed by atoms with Crippen LogP contribution in [-0.4, -0.2) is 37.2 Å². The summed E-state index contributed by atoms with van der Waals surface area (Å²) < 4.78 is 5.15. The first kappa shape index (κ1) is 16.8. The summed E-state index contributed by atoms with van der Waals surface area (Å²) in [5.41, 5.74) is 3.26. The molecule has 126 valence electrons. The number of anilines is 1. The zero-order chi connectivity index (χ0) is 17.1. The normalized spacial score (nSPS) is 20.1. The quantitative estimate of drug-likeness (QED) is 0.889. The number of hydrogen-bond donors (Lipinski definition) is 1. The summed E-state index contributed by atoms with van der Waals surface area (Å²) >= 11 is 5.97. The van der Waals surface area contributed by atoms with Gasteiger partial charge in [-0.1, -0.05) is 11.6 Å². The summed E-state index contributed by atoms with van der Waals surface area (Å²) in [4.78, 5) is 14.6. The van der Waals surface area contributed by atoms with E-state index >= 15 is 0 Å². The molecule has 1 N–H and O–H groups in total. The maximum atomic E-state index is 12.7. The molecule has 1 unspecified atom stereocenters.